The molecule has 3 rings (SSSR count). The average molecular weight is 398 g/mol. The van der Waals surface area contributed by atoms with Gasteiger partial charge in [-0.1, -0.05) is 12.1 Å². The van der Waals surface area contributed by atoms with Gasteiger partial charge in [-0.05, 0) is 57.2 Å². The van der Waals surface area contributed by atoms with Crippen LogP contribution < -0.4 is 5.32 Å². The zero-order valence-corrected chi connectivity index (χ0v) is 16.8. The van der Waals surface area contributed by atoms with Gasteiger partial charge in [0.15, 0.2) is 0 Å². The first kappa shape index (κ1) is 19.9. The van der Waals surface area contributed by atoms with E-state index in [9.17, 15) is 14.4 Å². The number of imide groups is 1. The Morgan fingerprint density at radius 2 is 1.57 bits per heavy atom. The van der Waals surface area contributed by atoms with Gasteiger partial charge in [-0.15, -0.1) is 11.8 Å². The van der Waals surface area contributed by atoms with E-state index in [1.54, 1.807) is 57.2 Å². The molecule has 1 heterocycles. The molecule has 0 bridgehead atoms. The number of nitrogens with zero attached hydrogens (tertiary/aromatic N) is 1. The Balaban J connectivity index is 1.50. The Bertz CT molecular complexity index is 868. The topological polar surface area (TPSA) is 75.7 Å². The normalized spacial score (nSPS) is 13.5. The largest absolute Gasteiger partial charge is 0.444 e. The summed E-state index contributed by atoms with van der Waals surface area (Å²) in [6.07, 6.45) is -0.501. The fourth-order valence-electron chi connectivity index (χ4n) is 2.75. The van der Waals surface area contributed by atoms with Crippen LogP contribution in [0.5, 0.6) is 0 Å². The van der Waals surface area contributed by atoms with Gasteiger partial charge >= 0.3 is 6.09 Å². The number of benzene rings is 2. The molecule has 0 atom stereocenters. The second-order valence-electron chi connectivity index (χ2n) is 7.31. The summed E-state index contributed by atoms with van der Waals surface area (Å²) in [5, 5.41) is 2.68. The van der Waals surface area contributed by atoms with Gasteiger partial charge < -0.3 is 4.74 Å². The van der Waals surface area contributed by atoms with Crippen LogP contribution in [0.3, 0.4) is 0 Å². The average Bonchev–Trinajstić information content (AvgIpc) is 2.87. The number of ether oxygens (including phenoxy) is 1. The Morgan fingerprint density at radius 3 is 2.11 bits per heavy atom. The molecule has 0 unspecified atom stereocenters. The zero-order chi connectivity index (χ0) is 20.3. The van der Waals surface area contributed by atoms with Crippen molar-refractivity contribution in [2.24, 2.45) is 0 Å². The molecule has 1 aliphatic heterocycles. The van der Waals surface area contributed by atoms with Crippen LogP contribution in [-0.2, 0) is 4.74 Å². The maximum atomic E-state index is 12.3. The number of fused-ring (bicyclic) bond motifs is 1. The monoisotopic (exact) mass is 398 g/mol. The standard InChI is InChI=1S/C21H22N2O4S/c1-21(2,3)27-20(26)22-14-8-10-15(11-9-14)28-13-12-23-18(24)16-6-4-5-7-17(16)19(23)25/h4-11H,12-13H2,1-3H3,(H,22,26). The van der Waals surface area contributed by atoms with Crippen molar-refractivity contribution in [1.82, 2.24) is 4.90 Å². The summed E-state index contributed by atoms with van der Waals surface area (Å²) < 4.78 is 5.22. The van der Waals surface area contributed by atoms with Gasteiger partial charge in [0, 0.05) is 22.9 Å². The van der Waals surface area contributed by atoms with Crippen molar-refractivity contribution in [2.75, 3.05) is 17.6 Å². The molecule has 0 aliphatic carbocycles. The van der Waals surface area contributed by atoms with Gasteiger partial charge in [0.1, 0.15) is 5.60 Å². The molecular formula is C21H22N2O4S. The molecule has 0 saturated heterocycles. The number of nitrogens with one attached hydrogen (secondary N) is 1. The molecule has 28 heavy (non-hydrogen) atoms. The number of hydrogen-bond donors (Lipinski definition) is 1. The van der Waals surface area contributed by atoms with Gasteiger partial charge in [0.05, 0.1) is 11.1 Å². The molecule has 0 aromatic heterocycles. The molecule has 6 nitrogen and oxygen atoms in total. The molecule has 2 aromatic carbocycles. The molecule has 1 aliphatic rings. The molecular weight excluding hydrogens is 376 g/mol. The van der Waals surface area contributed by atoms with E-state index in [4.69, 9.17) is 4.74 Å². The molecule has 3 amide bonds. The van der Waals surface area contributed by atoms with Gasteiger partial charge in [-0.3, -0.25) is 19.8 Å². The summed E-state index contributed by atoms with van der Waals surface area (Å²) in [6, 6.07) is 14.2. The first-order valence-corrected chi connectivity index (χ1v) is 9.91. The number of amides is 3. The Morgan fingerprint density at radius 1 is 1.00 bits per heavy atom. The zero-order valence-electron chi connectivity index (χ0n) is 16.0. The number of anilines is 1. The van der Waals surface area contributed by atoms with Crippen LogP contribution in [0.4, 0.5) is 10.5 Å². The maximum Gasteiger partial charge on any atom is 0.412 e. The molecule has 7 heteroatoms. The summed E-state index contributed by atoms with van der Waals surface area (Å²) >= 11 is 1.54. The van der Waals surface area contributed by atoms with Crippen LogP contribution in [0.15, 0.2) is 53.4 Å². The third-order valence-corrected chi connectivity index (χ3v) is 4.95. The first-order chi connectivity index (χ1) is 13.2. The lowest BCUT2D eigenvalue weighted by Crippen LogP contribution is -2.31. The molecule has 0 fully saturated rings. The third-order valence-electron chi connectivity index (χ3n) is 3.96. The summed E-state index contributed by atoms with van der Waals surface area (Å²) in [7, 11) is 0. The second-order valence-corrected chi connectivity index (χ2v) is 8.48. The van der Waals surface area contributed by atoms with Crippen LogP contribution in [0.2, 0.25) is 0 Å². The highest BCUT2D eigenvalue weighted by Crippen LogP contribution is 2.25. The number of hydrogen-bond acceptors (Lipinski definition) is 5. The van der Waals surface area contributed by atoms with E-state index in [0.29, 0.717) is 29.1 Å². The van der Waals surface area contributed by atoms with Crippen LogP contribution in [-0.4, -0.2) is 40.7 Å². The van der Waals surface area contributed by atoms with Crippen molar-refractivity contribution >= 4 is 35.4 Å². The van der Waals surface area contributed by atoms with Gasteiger partial charge in [-0.25, -0.2) is 4.79 Å². The Labute approximate surface area is 168 Å². The lowest BCUT2D eigenvalue weighted by molar-refractivity contribution is 0.0630. The summed E-state index contributed by atoms with van der Waals surface area (Å²) in [5.41, 5.74) is 1.02. The molecule has 1 N–H and O–H groups in total. The predicted molar refractivity (Wildman–Crippen MR) is 109 cm³/mol. The van der Waals surface area contributed by atoms with Crippen LogP contribution >= 0.6 is 11.8 Å². The minimum atomic E-state index is -0.552. The summed E-state index contributed by atoms with van der Waals surface area (Å²) in [6.45, 7) is 5.76. The second kappa shape index (κ2) is 8.06. The quantitative estimate of drug-likeness (QED) is 0.596. The Kier molecular flexibility index (Phi) is 5.74. The van der Waals surface area contributed by atoms with E-state index < -0.39 is 11.7 Å². The number of carbonyl (C=O) groups excluding carboxylic acids is 3. The predicted octanol–water partition coefficient (Wildman–Crippen LogP) is 4.42. The highest BCUT2D eigenvalue weighted by atomic mass is 32.2. The van der Waals surface area contributed by atoms with E-state index in [-0.39, 0.29) is 11.8 Å². The van der Waals surface area contributed by atoms with E-state index >= 15 is 0 Å². The van der Waals surface area contributed by atoms with Gasteiger partial charge in [0.25, 0.3) is 11.8 Å². The minimum Gasteiger partial charge on any atom is -0.444 e. The molecule has 0 saturated carbocycles. The maximum absolute atomic E-state index is 12.3. The number of rotatable bonds is 5. The lowest BCUT2D eigenvalue weighted by atomic mass is 10.1. The smallest absolute Gasteiger partial charge is 0.412 e. The highest BCUT2D eigenvalue weighted by Gasteiger charge is 2.34. The fraction of sp³-hybridized carbons (Fsp3) is 0.286. The van der Waals surface area contributed by atoms with E-state index in [0.717, 1.165) is 4.90 Å². The lowest BCUT2D eigenvalue weighted by Gasteiger charge is -2.19. The van der Waals surface area contributed by atoms with E-state index in [1.165, 1.54) is 16.7 Å². The first-order valence-electron chi connectivity index (χ1n) is 8.93. The third kappa shape index (κ3) is 4.72. The summed E-state index contributed by atoms with van der Waals surface area (Å²) in [4.78, 5) is 38.7. The van der Waals surface area contributed by atoms with Crippen LogP contribution in [0.25, 0.3) is 0 Å². The van der Waals surface area contributed by atoms with Crippen molar-refractivity contribution in [3.63, 3.8) is 0 Å². The van der Waals surface area contributed by atoms with Crippen LogP contribution in [0, 0.1) is 0 Å². The van der Waals surface area contributed by atoms with Crippen molar-refractivity contribution in [1.29, 1.82) is 0 Å². The van der Waals surface area contributed by atoms with Crippen molar-refractivity contribution in [3.05, 3.63) is 59.7 Å². The number of carbonyl (C=O) groups is 3. The Hall–Kier alpha value is -2.80. The molecule has 2 aromatic rings. The number of thioether (sulfide) groups is 1. The van der Waals surface area contributed by atoms with Crippen molar-refractivity contribution in [3.8, 4) is 0 Å². The molecule has 0 radical (unpaired) electrons. The van der Waals surface area contributed by atoms with Gasteiger partial charge in [-0.2, -0.15) is 0 Å². The van der Waals surface area contributed by atoms with E-state index in [1.807, 2.05) is 12.1 Å². The van der Waals surface area contributed by atoms with Gasteiger partial charge in [0.2, 0.25) is 0 Å². The molecule has 0 spiro atoms. The SMILES string of the molecule is CC(C)(C)OC(=O)Nc1ccc(SCCN2C(=O)c3ccccc3C2=O)cc1. The van der Waals surface area contributed by atoms with E-state index in [2.05, 4.69) is 5.32 Å². The van der Waals surface area contributed by atoms with Crippen LogP contribution in [0.1, 0.15) is 41.5 Å². The van der Waals surface area contributed by atoms with Crippen molar-refractivity contribution < 1.29 is 19.1 Å². The fourth-order valence-corrected chi connectivity index (χ4v) is 3.59. The van der Waals surface area contributed by atoms with Crippen molar-refractivity contribution in [2.45, 2.75) is 31.3 Å². The minimum absolute atomic E-state index is 0.238. The highest BCUT2D eigenvalue weighted by molar-refractivity contribution is 7.99. The summed E-state index contributed by atoms with van der Waals surface area (Å²) in [5.74, 6) is 0.112. The molecule has 146 valence electrons.